The fourth-order valence-electron chi connectivity index (χ4n) is 5.18. The van der Waals surface area contributed by atoms with Gasteiger partial charge in [-0.25, -0.2) is 13.1 Å². The first kappa shape index (κ1) is 30.2. The Morgan fingerprint density at radius 3 is 2.57 bits per heavy atom. The van der Waals surface area contributed by atoms with Gasteiger partial charge in [0.1, 0.15) is 10.9 Å². The molecule has 2 saturated heterocycles. The van der Waals surface area contributed by atoms with Gasteiger partial charge in [-0.05, 0) is 82.2 Å². The predicted molar refractivity (Wildman–Crippen MR) is 147 cm³/mol. The summed E-state index contributed by atoms with van der Waals surface area (Å²) in [5.41, 5.74) is 0. The van der Waals surface area contributed by atoms with E-state index in [1.165, 1.54) is 31.0 Å². The van der Waals surface area contributed by atoms with Crippen LogP contribution in [0.15, 0.2) is 23.1 Å². The zero-order valence-corrected chi connectivity index (χ0v) is 24.1. The van der Waals surface area contributed by atoms with E-state index in [9.17, 15) is 18.0 Å². The lowest BCUT2D eigenvalue weighted by Gasteiger charge is -2.42. The number of piperidine rings is 2. The van der Waals surface area contributed by atoms with Crippen molar-refractivity contribution in [2.24, 2.45) is 11.8 Å². The van der Waals surface area contributed by atoms with Gasteiger partial charge in [-0.2, -0.15) is 0 Å². The summed E-state index contributed by atoms with van der Waals surface area (Å²) in [6.45, 7) is 6.76. The van der Waals surface area contributed by atoms with E-state index < -0.39 is 16.1 Å². The average molecular weight is 576 g/mol. The van der Waals surface area contributed by atoms with Crippen molar-refractivity contribution < 1.29 is 18.0 Å². The average Bonchev–Trinajstić information content (AvgIpc) is 2.84. The second-order valence-electron chi connectivity index (χ2n) is 10.6. The molecule has 2 amide bonds. The molecule has 0 radical (unpaired) electrons. The van der Waals surface area contributed by atoms with Crippen LogP contribution < -0.4 is 15.4 Å². The number of unbranched alkanes of at least 4 members (excludes halogenated alkanes) is 1. The molecule has 2 fully saturated rings. The van der Waals surface area contributed by atoms with Crippen molar-refractivity contribution in [1.82, 2.24) is 20.3 Å². The number of carbonyl (C=O) groups excluding carboxylic acids is 2. The Morgan fingerprint density at radius 1 is 1.08 bits per heavy atom. The van der Waals surface area contributed by atoms with Gasteiger partial charge in [0, 0.05) is 30.1 Å². The number of benzene rings is 1. The third-order valence-electron chi connectivity index (χ3n) is 7.16. The summed E-state index contributed by atoms with van der Waals surface area (Å²) in [6.07, 6.45) is 7.03. The van der Waals surface area contributed by atoms with Crippen LogP contribution in [0.4, 0.5) is 0 Å². The van der Waals surface area contributed by atoms with Crippen molar-refractivity contribution in [3.8, 4) is 0 Å². The number of hydrogen-bond donors (Lipinski definition) is 3. The Labute approximate surface area is 231 Å². The second kappa shape index (κ2) is 14.1. The highest BCUT2D eigenvalue weighted by Gasteiger charge is 2.34. The molecule has 8 nitrogen and oxygen atoms in total. The number of halogens is 2. The maximum Gasteiger partial charge on any atom is 0.242 e. The zero-order chi connectivity index (χ0) is 27.0. The Kier molecular flexibility index (Phi) is 11.5. The van der Waals surface area contributed by atoms with Crippen molar-refractivity contribution >= 4 is 45.0 Å². The van der Waals surface area contributed by atoms with E-state index in [-0.39, 0.29) is 40.1 Å². The first-order valence-electron chi connectivity index (χ1n) is 13.3. The number of nitrogens with one attached hydrogen (secondary N) is 3. The summed E-state index contributed by atoms with van der Waals surface area (Å²) in [5, 5.41) is 6.37. The lowest BCUT2D eigenvalue weighted by atomic mass is 9.85. The number of hydrogen-bond acceptors (Lipinski definition) is 5. The van der Waals surface area contributed by atoms with Crippen LogP contribution in [0.25, 0.3) is 0 Å². The minimum Gasteiger partial charge on any atom is -0.354 e. The number of fused-ring (bicyclic) bond motifs is 1. The highest BCUT2D eigenvalue weighted by atomic mass is 35.5. The van der Waals surface area contributed by atoms with Crippen molar-refractivity contribution in [3.63, 3.8) is 0 Å². The molecular formula is C26H40Cl2N4O4S. The standard InChI is InChI=1S/C26H40Cl2N4O4S/c1-18(2)15-23(31-25(33)19-10-14-32-13-6-3-7-21(32)16-19)26(34)29-11-4-5-12-30-37(35,36)24-9-8-20(27)17-22(24)28/h8-9,17-19,21,23,30H,3-7,10-16H2,1-2H3,(H,29,34)(H,31,33)/t19?,21?,23-/m0/s1. The molecule has 2 aliphatic rings. The number of nitrogens with zero attached hydrogens (tertiary/aromatic N) is 1. The molecule has 3 rings (SSSR count). The van der Waals surface area contributed by atoms with Gasteiger partial charge in [0.25, 0.3) is 0 Å². The van der Waals surface area contributed by atoms with Gasteiger partial charge in [0.15, 0.2) is 0 Å². The summed E-state index contributed by atoms with van der Waals surface area (Å²) in [6, 6.07) is 4.15. The third-order valence-corrected chi connectivity index (χ3v) is 9.34. The van der Waals surface area contributed by atoms with E-state index in [4.69, 9.17) is 23.2 Å². The van der Waals surface area contributed by atoms with Crippen molar-refractivity contribution in [2.45, 2.75) is 82.2 Å². The van der Waals surface area contributed by atoms with E-state index in [0.717, 1.165) is 32.4 Å². The minimum absolute atomic E-state index is 0.0127. The van der Waals surface area contributed by atoms with Crippen molar-refractivity contribution in [1.29, 1.82) is 0 Å². The van der Waals surface area contributed by atoms with E-state index in [1.807, 2.05) is 13.8 Å². The van der Waals surface area contributed by atoms with Gasteiger partial charge in [-0.15, -0.1) is 0 Å². The molecule has 208 valence electrons. The maximum absolute atomic E-state index is 13.0. The van der Waals surface area contributed by atoms with Crippen LogP contribution in [0.1, 0.15) is 65.2 Å². The summed E-state index contributed by atoms with van der Waals surface area (Å²) in [7, 11) is -3.75. The molecule has 11 heteroatoms. The molecule has 0 spiro atoms. The van der Waals surface area contributed by atoms with Crippen molar-refractivity contribution in [2.75, 3.05) is 26.2 Å². The Balaban J connectivity index is 1.41. The molecule has 1 aromatic carbocycles. The van der Waals surface area contributed by atoms with Crippen LogP contribution in [0.2, 0.25) is 10.0 Å². The highest BCUT2D eigenvalue weighted by Crippen LogP contribution is 2.30. The van der Waals surface area contributed by atoms with Crippen LogP contribution in [-0.4, -0.2) is 63.4 Å². The van der Waals surface area contributed by atoms with Gasteiger partial charge in [-0.3, -0.25) is 9.59 Å². The lowest BCUT2D eigenvalue weighted by Crippen LogP contribution is -2.52. The first-order chi connectivity index (χ1) is 17.6. The number of sulfonamides is 1. The molecule has 0 aromatic heterocycles. The molecule has 3 atom stereocenters. The monoisotopic (exact) mass is 574 g/mol. The highest BCUT2D eigenvalue weighted by molar-refractivity contribution is 7.89. The Bertz CT molecular complexity index is 1040. The first-order valence-corrected chi connectivity index (χ1v) is 15.6. The topological polar surface area (TPSA) is 108 Å². The summed E-state index contributed by atoms with van der Waals surface area (Å²) >= 11 is 11.8. The van der Waals surface area contributed by atoms with Crippen LogP contribution in [-0.2, 0) is 19.6 Å². The van der Waals surface area contributed by atoms with Gasteiger partial charge >= 0.3 is 0 Å². The molecule has 0 saturated carbocycles. The van der Waals surface area contributed by atoms with Crippen LogP contribution in [0.3, 0.4) is 0 Å². The largest absolute Gasteiger partial charge is 0.354 e. The number of carbonyl (C=O) groups is 2. The van der Waals surface area contributed by atoms with Crippen molar-refractivity contribution in [3.05, 3.63) is 28.2 Å². The van der Waals surface area contributed by atoms with E-state index in [2.05, 4.69) is 20.3 Å². The molecule has 2 unspecified atom stereocenters. The summed E-state index contributed by atoms with van der Waals surface area (Å²) in [5.74, 6) is 0.0151. The molecule has 1 aromatic rings. The molecule has 3 N–H and O–H groups in total. The lowest BCUT2D eigenvalue weighted by molar-refractivity contribution is -0.133. The summed E-state index contributed by atoms with van der Waals surface area (Å²) < 4.78 is 27.4. The maximum atomic E-state index is 13.0. The van der Waals surface area contributed by atoms with Crippen LogP contribution in [0.5, 0.6) is 0 Å². The molecule has 37 heavy (non-hydrogen) atoms. The second-order valence-corrected chi connectivity index (χ2v) is 13.1. The molecule has 0 bridgehead atoms. The smallest absolute Gasteiger partial charge is 0.242 e. The van der Waals surface area contributed by atoms with Gasteiger partial charge in [-0.1, -0.05) is 43.5 Å². The predicted octanol–water partition coefficient (Wildman–Crippen LogP) is 3.96. The van der Waals surface area contributed by atoms with Crippen LogP contribution in [0, 0.1) is 11.8 Å². The Hall–Kier alpha value is -1.39. The number of rotatable bonds is 12. The zero-order valence-electron chi connectivity index (χ0n) is 21.8. The molecular weight excluding hydrogens is 535 g/mol. The molecule has 0 aliphatic carbocycles. The van der Waals surface area contributed by atoms with Gasteiger partial charge < -0.3 is 15.5 Å². The number of amides is 2. The third kappa shape index (κ3) is 9.10. The van der Waals surface area contributed by atoms with Gasteiger partial charge in [0.2, 0.25) is 21.8 Å². The van der Waals surface area contributed by atoms with Crippen LogP contribution >= 0.6 is 23.2 Å². The van der Waals surface area contributed by atoms with E-state index in [1.54, 1.807) is 0 Å². The fourth-order valence-corrected chi connectivity index (χ4v) is 7.03. The van der Waals surface area contributed by atoms with E-state index in [0.29, 0.717) is 36.9 Å². The Morgan fingerprint density at radius 2 is 1.84 bits per heavy atom. The quantitative estimate of drug-likeness (QED) is 0.327. The van der Waals surface area contributed by atoms with Gasteiger partial charge in [0.05, 0.1) is 5.02 Å². The normalized spacial score (nSPS) is 21.3. The summed E-state index contributed by atoms with van der Waals surface area (Å²) in [4.78, 5) is 28.4. The molecule has 2 heterocycles. The minimum atomic E-state index is -3.75. The van der Waals surface area contributed by atoms with E-state index >= 15 is 0 Å². The fraction of sp³-hybridized carbons (Fsp3) is 0.692. The molecule has 2 aliphatic heterocycles. The SMILES string of the molecule is CC(C)C[C@H](NC(=O)C1CCN2CCCCC2C1)C(=O)NCCCCNS(=O)(=O)c1ccc(Cl)cc1Cl.